The van der Waals surface area contributed by atoms with Crippen molar-refractivity contribution in [1.29, 1.82) is 0 Å². The normalized spacial score (nSPS) is 19.1. The van der Waals surface area contributed by atoms with Gasteiger partial charge in [0.1, 0.15) is 5.01 Å². The zero-order valence-corrected chi connectivity index (χ0v) is 12.9. The molecular weight excluding hydrogens is 266 g/mol. The van der Waals surface area contributed by atoms with Gasteiger partial charge >= 0.3 is 0 Å². The highest BCUT2D eigenvalue weighted by Crippen LogP contribution is 2.36. The van der Waals surface area contributed by atoms with Gasteiger partial charge in [-0.05, 0) is 26.9 Å². The minimum absolute atomic E-state index is 0.0597. The molecule has 3 nitrogen and oxygen atoms in total. The summed E-state index contributed by atoms with van der Waals surface area (Å²) in [5, 5.41) is 6.95. The van der Waals surface area contributed by atoms with Gasteiger partial charge in [-0.2, -0.15) is 0 Å². The van der Waals surface area contributed by atoms with Gasteiger partial charge in [0, 0.05) is 24.0 Å². The van der Waals surface area contributed by atoms with Crippen LogP contribution in [-0.2, 0) is 5.54 Å². The first-order valence-electron chi connectivity index (χ1n) is 7.12. The number of hydrogen-bond donors (Lipinski definition) is 1. The number of aromatic nitrogens is 1. The van der Waals surface area contributed by atoms with E-state index < -0.39 is 0 Å². The number of thiazole rings is 1. The lowest BCUT2D eigenvalue weighted by Crippen LogP contribution is -2.48. The second-order valence-electron chi connectivity index (χ2n) is 5.54. The third kappa shape index (κ3) is 2.51. The van der Waals surface area contributed by atoms with Crippen LogP contribution in [0.15, 0.2) is 35.7 Å². The van der Waals surface area contributed by atoms with Gasteiger partial charge in [-0.25, -0.2) is 4.98 Å². The van der Waals surface area contributed by atoms with Gasteiger partial charge in [0.05, 0.1) is 11.2 Å². The van der Waals surface area contributed by atoms with Crippen molar-refractivity contribution in [2.45, 2.75) is 18.4 Å². The summed E-state index contributed by atoms with van der Waals surface area (Å²) in [6, 6.07) is 10.4. The van der Waals surface area contributed by atoms with Crippen molar-refractivity contribution < 1.29 is 0 Å². The van der Waals surface area contributed by atoms with E-state index in [9.17, 15) is 0 Å². The van der Waals surface area contributed by atoms with Gasteiger partial charge < -0.3 is 10.2 Å². The maximum atomic E-state index is 4.91. The number of hydrogen-bond acceptors (Lipinski definition) is 4. The van der Waals surface area contributed by atoms with E-state index in [-0.39, 0.29) is 5.54 Å². The van der Waals surface area contributed by atoms with E-state index in [1.165, 1.54) is 10.6 Å². The number of rotatable bonds is 3. The van der Waals surface area contributed by atoms with Crippen molar-refractivity contribution >= 4 is 11.3 Å². The summed E-state index contributed by atoms with van der Waals surface area (Å²) in [6.45, 7) is 2.25. The molecule has 0 saturated carbocycles. The molecule has 3 rings (SSSR count). The van der Waals surface area contributed by atoms with Gasteiger partial charge in [0.25, 0.3) is 0 Å². The summed E-state index contributed by atoms with van der Waals surface area (Å²) in [4.78, 5) is 7.30. The highest BCUT2D eigenvalue weighted by Gasteiger charge is 2.36. The Hall–Kier alpha value is -1.23. The largest absolute Gasteiger partial charge is 0.308 e. The van der Waals surface area contributed by atoms with Crippen LogP contribution in [0.3, 0.4) is 0 Å². The number of benzene rings is 1. The van der Waals surface area contributed by atoms with Gasteiger partial charge in [0.2, 0.25) is 0 Å². The highest BCUT2D eigenvalue weighted by atomic mass is 32.1. The van der Waals surface area contributed by atoms with Gasteiger partial charge in [-0.1, -0.05) is 30.3 Å². The molecule has 0 atom stereocenters. The van der Waals surface area contributed by atoms with Crippen LogP contribution >= 0.6 is 11.3 Å². The molecule has 0 bridgehead atoms. The lowest BCUT2D eigenvalue weighted by molar-refractivity contribution is 0.164. The number of likely N-dealkylation sites (tertiary alicyclic amines) is 1. The standard InChI is InChI=1S/C16H21N3S/c1-17-16(8-10-19(2)11-9-16)15-18-14(12-20-15)13-6-4-3-5-7-13/h3-7,12,17H,8-11H2,1-2H3. The van der Waals surface area contributed by atoms with Crippen LogP contribution in [0.25, 0.3) is 11.3 Å². The zero-order valence-electron chi connectivity index (χ0n) is 12.1. The van der Waals surface area contributed by atoms with E-state index in [1.54, 1.807) is 11.3 Å². The Labute approximate surface area is 124 Å². The van der Waals surface area contributed by atoms with Gasteiger partial charge in [-0.15, -0.1) is 11.3 Å². The molecule has 0 unspecified atom stereocenters. The van der Waals surface area contributed by atoms with E-state index in [4.69, 9.17) is 4.98 Å². The number of piperidine rings is 1. The summed E-state index contributed by atoms with van der Waals surface area (Å²) in [6.07, 6.45) is 2.25. The summed E-state index contributed by atoms with van der Waals surface area (Å²) in [5.41, 5.74) is 2.36. The average Bonchev–Trinajstić information content (AvgIpc) is 3.00. The molecule has 2 aromatic rings. The average molecular weight is 287 g/mol. The van der Waals surface area contributed by atoms with E-state index in [0.717, 1.165) is 31.6 Å². The van der Waals surface area contributed by atoms with Crippen molar-refractivity contribution in [2.75, 3.05) is 27.2 Å². The predicted molar refractivity (Wildman–Crippen MR) is 85.0 cm³/mol. The molecule has 1 fully saturated rings. The molecule has 4 heteroatoms. The molecule has 0 spiro atoms. The molecular formula is C16H21N3S. The van der Waals surface area contributed by atoms with Crippen LogP contribution in [0.2, 0.25) is 0 Å². The van der Waals surface area contributed by atoms with Crippen molar-refractivity contribution in [3.63, 3.8) is 0 Å². The van der Waals surface area contributed by atoms with Crippen LogP contribution in [0.4, 0.5) is 0 Å². The summed E-state index contributed by atoms with van der Waals surface area (Å²) < 4.78 is 0. The zero-order chi connectivity index (χ0) is 14.0. The monoisotopic (exact) mass is 287 g/mol. The maximum absolute atomic E-state index is 4.91. The van der Waals surface area contributed by atoms with E-state index in [0.29, 0.717) is 0 Å². The van der Waals surface area contributed by atoms with Gasteiger partial charge in [-0.3, -0.25) is 0 Å². The number of nitrogens with zero attached hydrogens (tertiary/aromatic N) is 2. The van der Waals surface area contributed by atoms with Crippen LogP contribution < -0.4 is 5.32 Å². The molecule has 1 aromatic carbocycles. The van der Waals surface area contributed by atoms with E-state index in [1.807, 2.05) is 6.07 Å². The van der Waals surface area contributed by atoms with Crippen LogP contribution in [0.5, 0.6) is 0 Å². The molecule has 1 aromatic heterocycles. The minimum Gasteiger partial charge on any atom is -0.308 e. The smallest absolute Gasteiger partial charge is 0.114 e. The third-order valence-electron chi connectivity index (χ3n) is 4.30. The predicted octanol–water partition coefficient (Wildman–Crippen LogP) is 2.95. The van der Waals surface area contributed by atoms with Gasteiger partial charge in [0.15, 0.2) is 0 Å². The van der Waals surface area contributed by atoms with Crippen LogP contribution in [0, 0.1) is 0 Å². The van der Waals surface area contributed by atoms with Crippen molar-refractivity contribution in [3.05, 3.63) is 40.7 Å². The second-order valence-corrected chi connectivity index (χ2v) is 6.40. The highest BCUT2D eigenvalue weighted by molar-refractivity contribution is 7.10. The molecule has 0 aliphatic carbocycles. The summed E-state index contributed by atoms with van der Waals surface area (Å²) >= 11 is 1.78. The lowest BCUT2D eigenvalue weighted by atomic mass is 9.88. The van der Waals surface area contributed by atoms with Crippen molar-refractivity contribution in [2.24, 2.45) is 0 Å². The Morgan fingerprint density at radius 2 is 1.90 bits per heavy atom. The van der Waals surface area contributed by atoms with E-state index in [2.05, 4.69) is 54.0 Å². The molecule has 20 heavy (non-hydrogen) atoms. The van der Waals surface area contributed by atoms with E-state index >= 15 is 0 Å². The topological polar surface area (TPSA) is 28.2 Å². The Morgan fingerprint density at radius 1 is 1.20 bits per heavy atom. The first-order valence-corrected chi connectivity index (χ1v) is 8.00. The lowest BCUT2D eigenvalue weighted by Gasteiger charge is -2.39. The molecule has 106 valence electrons. The number of nitrogens with one attached hydrogen (secondary N) is 1. The third-order valence-corrected chi connectivity index (χ3v) is 5.35. The molecule has 1 aliphatic rings. The van der Waals surface area contributed by atoms with Crippen molar-refractivity contribution in [1.82, 2.24) is 15.2 Å². The molecule has 0 amide bonds. The fourth-order valence-corrected chi connectivity index (χ4v) is 3.90. The first-order chi connectivity index (χ1) is 9.73. The fraction of sp³-hybridized carbons (Fsp3) is 0.438. The Morgan fingerprint density at radius 3 is 2.55 bits per heavy atom. The van der Waals surface area contributed by atoms with Crippen LogP contribution in [-0.4, -0.2) is 37.1 Å². The Bertz CT molecular complexity index is 556. The minimum atomic E-state index is 0.0597. The molecule has 1 N–H and O–H groups in total. The second kappa shape index (κ2) is 5.64. The Balaban J connectivity index is 1.89. The first kappa shape index (κ1) is 13.7. The summed E-state index contributed by atoms with van der Waals surface area (Å²) in [5.74, 6) is 0. The molecule has 2 heterocycles. The van der Waals surface area contributed by atoms with Crippen LogP contribution in [0.1, 0.15) is 17.8 Å². The fourth-order valence-electron chi connectivity index (χ4n) is 2.81. The molecule has 1 aliphatic heterocycles. The quantitative estimate of drug-likeness (QED) is 0.941. The molecule has 0 radical (unpaired) electrons. The maximum Gasteiger partial charge on any atom is 0.114 e. The van der Waals surface area contributed by atoms with Crippen molar-refractivity contribution in [3.8, 4) is 11.3 Å². The Kier molecular flexibility index (Phi) is 3.87. The summed E-state index contributed by atoms with van der Waals surface area (Å²) in [7, 11) is 4.26. The SMILES string of the molecule is CNC1(c2nc(-c3ccccc3)cs2)CCN(C)CC1. The molecule has 1 saturated heterocycles.